The number of non-ortho nitro benzene ring substituents is 1. The minimum atomic E-state index is -0.672. The number of para-hydroxylation sites is 1. The number of benzene rings is 2. The molecule has 2 amide bonds. The number of phenols is 1. The number of carbonyl (C=O) groups is 1. The molecule has 0 aliphatic carbocycles. The van der Waals surface area contributed by atoms with Crippen molar-refractivity contribution in [1.82, 2.24) is 0 Å². The number of nitrogens with zero attached hydrogens (tertiary/aromatic N) is 1. The molecular formula is C14H12ClN3O5. The van der Waals surface area contributed by atoms with Crippen molar-refractivity contribution in [2.24, 2.45) is 0 Å². The molecule has 0 spiro atoms. The lowest BCUT2D eigenvalue weighted by molar-refractivity contribution is -0.384. The fourth-order valence-electron chi connectivity index (χ4n) is 1.83. The Bertz CT molecular complexity index is 766. The maximum Gasteiger partial charge on any atom is 0.323 e. The minimum Gasteiger partial charge on any atom is -0.506 e. The summed E-state index contributed by atoms with van der Waals surface area (Å²) in [7, 11) is 1.41. The number of nitro benzene ring substituents is 1. The van der Waals surface area contributed by atoms with E-state index in [0.29, 0.717) is 10.7 Å². The second-order valence-electron chi connectivity index (χ2n) is 4.36. The zero-order chi connectivity index (χ0) is 17.0. The molecular weight excluding hydrogens is 326 g/mol. The average Bonchev–Trinajstić information content (AvgIpc) is 2.49. The monoisotopic (exact) mass is 337 g/mol. The number of anilines is 2. The van der Waals surface area contributed by atoms with E-state index in [1.54, 1.807) is 18.2 Å². The molecule has 8 nitrogen and oxygen atoms in total. The van der Waals surface area contributed by atoms with E-state index in [2.05, 4.69) is 10.6 Å². The molecule has 0 bridgehead atoms. The van der Waals surface area contributed by atoms with Gasteiger partial charge in [-0.05, 0) is 18.2 Å². The Morgan fingerprint density at radius 2 is 1.96 bits per heavy atom. The number of aromatic hydroxyl groups is 1. The zero-order valence-corrected chi connectivity index (χ0v) is 12.6. The molecule has 0 atom stereocenters. The minimum absolute atomic E-state index is 0.0223. The number of urea groups is 1. The third-order valence-corrected chi connectivity index (χ3v) is 3.16. The van der Waals surface area contributed by atoms with Gasteiger partial charge in [-0.25, -0.2) is 4.79 Å². The summed E-state index contributed by atoms with van der Waals surface area (Å²) in [5.74, 6) is -0.135. The predicted molar refractivity (Wildman–Crippen MR) is 85.4 cm³/mol. The van der Waals surface area contributed by atoms with Gasteiger partial charge in [-0.2, -0.15) is 0 Å². The Morgan fingerprint density at radius 1 is 1.26 bits per heavy atom. The van der Waals surface area contributed by atoms with E-state index in [1.807, 2.05) is 0 Å². The summed E-state index contributed by atoms with van der Waals surface area (Å²) in [6.45, 7) is 0. The Labute approximate surface area is 135 Å². The van der Waals surface area contributed by atoms with Crippen LogP contribution in [0.5, 0.6) is 11.5 Å². The van der Waals surface area contributed by atoms with Crippen molar-refractivity contribution in [3.05, 3.63) is 51.5 Å². The van der Waals surface area contributed by atoms with Crippen LogP contribution in [0.2, 0.25) is 5.02 Å². The van der Waals surface area contributed by atoms with Crippen LogP contribution >= 0.6 is 11.6 Å². The first kappa shape index (κ1) is 16.4. The second-order valence-corrected chi connectivity index (χ2v) is 4.77. The molecule has 0 heterocycles. The van der Waals surface area contributed by atoms with E-state index in [1.165, 1.54) is 13.2 Å². The third kappa shape index (κ3) is 3.80. The molecule has 0 aliphatic heterocycles. The van der Waals surface area contributed by atoms with Gasteiger partial charge in [-0.1, -0.05) is 17.7 Å². The Balaban J connectivity index is 2.14. The van der Waals surface area contributed by atoms with E-state index >= 15 is 0 Å². The van der Waals surface area contributed by atoms with E-state index in [4.69, 9.17) is 16.3 Å². The van der Waals surface area contributed by atoms with Gasteiger partial charge < -0.3 is 20.5 Å². The maximum absolute atomic E-state index is 12.0. The van der Waals surface area contributed by atoms with Gasteiger partial charge in [-0.15, -0.1) is 0 Å². The number of nitrogens with one attached hydrogen (secondary N) is 2. The molecule has 23 heavy (non-hydrogen) atoms. The average molecular weight is 338 g/mol. The second kappa shape index (κ2) is 6.84. The van der Waals surface area contributed by atoms with Crippen molar-refractivity contribution in [2.75, 3.05) is 17.7 Å². The number of hydrogen-bond acceptors (Lipinski definition) is 5. The molecule has 0 unspecified atom stereocenters. The molecule has 0 aliphatic rings. The highest BCUT2D eigenvalue weighted by Gasteiger charge is 2.14. The van der Waals surface area contributed by atoms with E-state index in [0.717, 1.165) is 12.1 Å². The molecule has 120 valence electrons. The molecule has 3 N–H and O–H groups in total. The van der Waals surface area contributed by atoms with Crippen molar-refractivity contribution < 1.29 is 19.6 Å². The number of rotatable bonds is 4. The number of halogens is 1. The van der Waals surface area contributed by atoms with Crippen molar-refractivity contribution in [1.29, 1.82) is 0 Å². The van der Waals surface area contributed by atoms with Gasteiger partial charge in [0.25, 0.3) is 5.69 Å². The van der Waals surface area contributed by atoms with Gasteiger partial charge in [0.05, 0.1) is 34.5 Å². The maximum atomic E-state index is 12.0. The summed E-state index contributed by atoms with van der Waals surface area (Å²) in [6, 6.07) is 7.47. The molecule has 0 saturated carbocycles. The van der Waals surface area contributed by atoms with Crippen molar-refractivity contribution in [3.8, 4) is 11.5 Å². The van der Waals surface area contributed by atoms with E-state index in [9.17, 15) is 20.0 Å². The van der Waals surface area contributed by atoms with Crippen molar-refractivity contribution in [3.63, 3.8) is 0 Å². The standard InChI is InChI=1S/C14H12ClN3O5/c1-23-13-9(15)3-2-4-11(13)17-14(20)16-10-6-5-8(18(21)22)7-12(10)19/h2-7,19H,1H3,(H2,16,17,20). The molecule has 0 radical (unpaired) electrons. The first-order valence-corrected chi connectivity index (χ1v) is 6.68. The number of ether oxygens (including phenoxy) is 1. The van der Waals surface area contributed by atoms with Gasteiger partial charge in [-0.3, -0.25) is 10.1 Å². The fraction of sp³-hybridized carbons (Fsp3) is 0.0714. The highest BCUT2D eigenvalue weighted by molar-refractivity contribution is 6.32. The van der Waals surface area contributed by atoms with Gasteiger partial charge >= 0.3 is 6.03 Å². The SMILES string of the molecule is COc1c(Cl)cccc1NC(=O)Nc1ccc([N+](=O)[O-])cc1O. The number of carbonyl (C=O) groups excluding carboxylic acids is 1. The largest absolute Gasteiger partial charge is 0.506 e. The summed E-state index contributed by atoms with van der Waals surface area (Å²) >= 11 is 5.94. The molecule has 9 heteroatoms. The number of methoxy groups -OCH3 is 1. The molecule has 0 aromatic heterocycles. The topological polar surface area (TPSA) is 114 Å². The number of nitro groups is 1. The first-order valence-electron chi connectivity index (χ1n) is 6.30. The van der Waals surface area contributed by atoms with Crippen LogP contribution in [-0.2, 0) is 0 Å². The van der Waals surface area contributed by atoms with Crippen LogP contribution < -0.4 is 15.4 Å². The van der Waals surface area contributed by atoms with Gasteiger partial charge in [0.2, 0.25) is 0 Å². The predicted octanol–water partition coefficient (Wildman–Crippen LogP) is 3.61. The Morgan fingerprint density at radius 3 is 2.57 bits per heavy atom. The molecule has 2 aromatic rings. The van der Waals surface area contributed by atoms with Gasteiger partial charge in [0, 0.05) is 6.07 Å². The highest BCUT2D eigenvalue weighted by atomic mass is 35.5. The lowest BCUT2D eigenvalue weighted by Gasteiger charge is -2.12. The quantitative estimate of drug-likeness (QED) is 0.448. The fourth-order valence-corrected chi connectivity index (χ4v) is 2.08. The van der Waals surface area contributed by atoms with Crippen LogP contribution in [0.25, 0.3) is 0 Å². The smallest absolute Gasteiger partial charge is 0.323 e. The van der Waals surface area contributed by atoms with Crippen LogP contribution in [0.1, 0.15) is 0 Å². The van der Waals surface area contributed by atoms with Crippen LogP contribution in [0.15, 0.2) is 36.4 Å². The number of amides is 2. The number of hydrogen-bond donors (Lipinski definition) is 3. The summed E-state index contributed by atoms with van der Waals surface area (Å²) in [5.41, 5.74) is 0.0676. The van der Waals surface area contributed by atoms with E-state index in [-0.39, 0.29) is 17.1 Å². The number of phenolic OH excluding ortho intramolecular Hbond substituents is 1. The van der Waals surface area contributed by atoms with Crippen LogP contribution in [0, 0.1) is 10.1 Å². The highest BCUT2D eigenvalue weighted by Crippen LogP contribution is 2.33. The Kier molecular flexibility index (Phi) is 4.87. The first-order chi connectivity index (χ1) is 10.9. The van der Waals surface area contributed by atoms with E-state index < -0.39 is 16.7 Å². The summed E-state index contributed by atoms with van der Waals surface area (Å²) in [4.78, 5) is 21.9. The zero-order valence-electron chi connectivity index (χ0n) is 11.9. The summed E-state index contributed by atoms with van der Waals surface area (Å²) in [5, 5.41) is 25.5. The van der Waals surface area contributed by atoms with Crippen molar-refractivity contribution in [2.45, 2.75) is 0 Å². The third-order valence-electron chi connectivity index (χ3n) is 2.86. The summed E-state index contributed by atoms with van der Waals surface area (Å²) < 4.78 is 5.09. The molecule has 2 aromatic carbocycles. The van der Waals surface area contributed by atoms with Crippen molar-refractivity contribution >= 4 is 34.7 Å². The normalized spacial score (nSPS) is 10.0. The van der Waals surface area contributed by atoms with Crippen LogP contribution in [0.4, 0.5) is 21.9 Å². The molecule has 0 saturated heterocycles. The van der Waals surface area contributed by atoms with Gasteiger partial charge in [0.1, 0.15) is 5.75 Å². The van der Waals surface area contributed by atoms with Crippen LogP contribution in [-0.4, -0.2) is 23.2 Å². The van der Waals surface area contributed by atoms with Crippen LogP contribution in [0.3, 0.4) is 0 Å². The lowest BCUT2D eigenvalue weighted by Crippen LogP contribution is -2.20. The lowest BCUT2D eigenvalue weighted by atomic mass is 10.2. The van der Waals surface area contributed by atoms with Gasteiger partial charge in [0.15, 0.2) is 5.75 Å². The molecule has 0 fully saturated rings. The molecule has 2 rings (SSSR count). The summed E-state index contributed by atoms with van der Waals surface area (Å²) in [6.07, 6.45) is 0. The Hall–Kier alpha value is -3.00.